The number of para-hydroxylation sites is 2. The van der Waals surface area contributed by atoms with Gasteiger partial charge in [0.2, 0.25) is 5.91 Å². The van der Waals surface area contributed by atoms with E-state index >= 15 is 0 Å². The van der Waals surface area contributed by atoms with Gasteiger partial charge in [0.25, 0.3) is 0 Å². The number of carbonyl (C=O) groups excluding carboxylic acids is 1. The number of fused-ring (bicyclic) bond motifs is 2. The zero-order valence-corrected chi connectivity index (χ0v) is 18.1. The molecule has 3 heterocycles. The lowest BCUT2D eigenvalue weighted by molar-refractivity contribution is -0.122. The van der Waals surface area contributed by atoms with Crippen molar-refractivity contribution >= 4 is 16.9 Å². The molecule has 1 unspecified atom stereocenters. The van der Waals surface area contributed by atoms with E-state index in [9.17, 15) is 9.59 Å². The minimum atomic E-state index is -0.447. The summed E-state index contributed by atoms with van der Waals surface area (Å²) in [5.41, 5.74) is 2.57. The maximum atomic E-state index is 13.1. The van der Waals surface area contributed by atoms with E-state index in [2.05, 4.69) is 10.4 Å². The number of carbonyl (C=O) groups is 1. The molecule has 8 heteroatoms. The highest BCUT2D eigenvalue weighted by molar-refractivity contribution is 5.78. The molecule has 2 aromatic carbocycles. The standard InChI is InChI=1S/C24H26N6O2/c1-28-19-13-8-7-12-18(19)25-23(28)22(17-10-4-2-5-11-17)26-21(31)16-30-24(32)29-15-9-3-6-14-20(29)27-30/h2,4-5,7-8,10-13,22H,3,6,9,14-16H2,1H3,(H,26,31). The quantitative estimate of drug-likeness (QED) is 0.527. The number of hydrogen-bond acceptors (Lipinski definition) is 4. The van der Waals surface area contributed by atoms with Gasteiger partial charge in [0, 0.05) is 20.0 Å². The number of rotatable bonds is 5. The van der Waals surface area contributed by atoms with E-state index in [0.29, 0.717) is 6.54 Å². The molecule has 1 N–H and O–H groups in total. The Labute approximate surface area is 185 Å². The molecule has 0 saturated carbocycles. The Hall–Kier alpha value is -3.68. The number of aryl methyl sites for hydroxylation is 2. The van der Waals surface area contributed by atoms with Crippen molar-refractivity contribution in [1.29, 1.82) is 0 Å². The Morgan fingerprint density at radius 1 is 1.06 bits per heavy atom. The number of nitrogens with one attached hydrogen (secondary N) is 1. The monoisotopic (exact) mass is 430 g/mol. The highest BCUT2D eigenvalue weighted by Crippen LogP contribution is 2.25. The van der Waals surface area contributed by atoms with Gasteiger partial charge in [-0.15, -0.1) is 0 Å². The normalized spacial score (nSPS) is 14.7. The van der Waals surface area contributed by atoms with Crippen LogP contribution in [-0.2, 0) is 31.4 Å². The summed E-state index contributed by atoms with van der Waals surface area (Å²) in [5, 5.41) is 7.53. The first-order valence-electron chi connectivity index (χ1n) is 11.0. The maximum absolute atomic E-state index is 13.1. The molecule has 5 rings (SSSR count). The fourth-order valence-corrected chi connectivity index (χ4v) is 4.44. The zero-order valence-electron chi connectivity index (χ0n) is 18.1. The molecule has 2 aromatic heterocycles. The number of amides is 1. The number of aromatic nitrogens is 5. The lowest BCUT2D eigenvalue weighted by Gasteiger charge is -2.19. The molecule has 164 valence electrons. The summed E-state index contributed by atoms with van der Waals surface area (Å²) in [7, 11) is 1.95. The first kappa shape index (κ1) is 20.2. The van der Waals surface area contributed by atoms with Gasteiger partial charge in [0.1, 0.15) is 24.2 Å². The average Bonchev–Trinajstić information content (AvgIpc) is 3.17. The predicted octanol–water partition coefficient (Wildman–Crippen LogP) is 2.56. The fourth-order valence-electron chi connectivity index (χ4n) is 4.44. The van der Waals surface area contributed by atoms with Crippen molar-refractivity contribution in [2.75, 3.05) is 0 Å². The molecule has 0 aliphatic carbocycles. The van der Waals surface area contributed by atoms with Crippen LogP contribution in [-0.4, -0.2) is 29.8 Å². The minimum absolute atomic E-state index is 0.119. The Morgan fingerprint density at radius 2 is 1.84 bits per heavy atom. The highest BCUT2D eigenvalue weighted by atomic mass is 16.2. The van der Waals surface area contributed by atoms with E-state index in [0.717, 1.165) is 53.9 Å². The van der Waals surface area contributed by atoms with Crippen LogP contribution in [0.4, 0.5) is 0 Å². The van der Waals surface area contributed by atoms with E-state index in [1.807, 2.05) is 66.2 Å². The van der Waals surface area contributed by atoms with Gasteiger partial charge in [0.05, 0.1) is 11.0 Å². The van der Waals surface area contributed by atoms with Gasteiger partial charge in [-0.25, -0.2) is 14.5 Å². The summed E-state index contributed by atoms with van der Waals surface area (Å²) in [4.78, 5) is 30.6. The average molecular weight is 431 g/mol. The Kier molecular flexibility index (Phi) is 5.34. The van der Waals surface area contributed by atoms with Gasteiger partial charge in [-0.3, -0.25) is 9.36 Å². The third-order valence-electron chi connectivity index (χ3n) is 6.09. The third kappa shape index (κ3) is 3.72. The molecule has 0 spiro atoms. The summed E-state index contributed by atoms with van der Waals surface area (Å²) < 4.78 is 4.99. The molecule has 1 atom stereocenters. The molecule has 1 aliphatic rings. The summed E-state index contributed by atoms with van der Waals surface area (Å²) in [5.74, 6) is 1.23. The van der Waals surface area contributed by atoms with Crippen LogP contribution in [0.15, 0.2) is 59.4 Å². The van der Waals surface area contributed by atoms with Crippen molar-refractivity contribution in [2.24, 2.45) is 7.05 Å². The van der Waals surface area contributed by atoms with Crippen LogP contribution in [0.2, 0.25) is 0 Å². The van der Waals surface area contributed by atoms with Crippen molar-refractivity contribution < 1.29 is 4.79 Å². The Balaban J connectivity index is 1.45. The molecule has 0 saturated heterocycles. The van der Waals surface area contributed by atoms with Crippen LogP contribution in [0.5, 0.6) is 0 Å². The van der Waals surface area contributed by atoms with E-state index in [1.165, 1.54) is 4.68 Å². The second-order valence-electron chi connectivity index (χ2n) is 8.25. The topological polar surface area (TPSA) is 86.7 Å². The largest absolute Gasteiger partial charge is 0.346 e. The zero-order chi connectivity index (χ0) is 22.1. The van der Waals surface area contributed by atoms with Gasteiger partial charge in [-0.05, 0) is 30.5 Å². The lowest BCUT2D eigenvalue weighted by atomic mass is 10.1. The molecule has 1 aliphatic heterocycles. The lowest BCUT2D eigenvalue weighted by Crippen LogP contribution is -2.37. The van der Waals surface area contributed by atoms with Crippen LogP contribution < -0.4 is 11.0 Å². The highest BCUT2D eigenvalue weighted by Gasteiger charge is 2.24. The van der Waals surface area contributed by atoms with E-state index in [1.54, 1.807) is 4.57 Å². The van der Waals surface area contributed by atoms with Crippen molar-refractivity contribution in [3.63, 3.8) is 0 Å². The summed E-state index contributed by atoms with van der Waals surface area (Å²) in [6.07, 6.45) is 3.86. The van der Waals surface area contributed by atoms with Crippen LogP contribution in [0.1, 0.15) is 42.5 Å². The van der Waals surface area contributed by atoms with Gasteiger partial charge in [0.15, 0.2) is 0 Å². The summed E-state index contributed by atoms with van der Waals surface area (Å²) >= 11 is 0. The smallest absolute Gasteiger partial charge is 0.340 e. The molecule has 0 fully saturated rings. The predicted molar refractivity (Wildman–Crippen MR) is 121 cm³/mol. The molecule has 0 bridgehead atoms. The molecule has 1 amide bonds. The minimum Gasteiger partial charge on any atom is -0.340 e. The van der Waals surface area contributed by atoms with Crippen molar-refractivity contribution in [3.05, 3.63) is 82.3 Å². The number of imidazole rings is 1. The van der Waals surface area contributed by atoms with E-state index in [4.69, 9.17) is 4.98 Å². The molecule has 0 radical (unpaired) electrons. The second kappa shape index (κ2) is 8.45. The number of benzene rings is 2. The molecule has 4 aromatic rings. The Morgan fingerprint density at radius 3 is 2.66 bits per heavy atom. The molecular weight excluding hydrogens is 404 g/mol. The summed E-state index contributed by atoms with van der Waals surface area (Å²) in [6.45, 7) is 0.550. The van der Waals surface area contributed by atoms with Crippen molar-refractivity contribution in [3.8, 4) is 0 Å². The van der Waals surface area contributed by atoms with Crippen LogP contribution in [0, 0.1) is 0 Å². The molecule has 32 heavy (non-hydrogen) atoms. The van der Waals surface area contributed by atoms with Gasteiger partial charge in [-0.2, -0.15) is 5.10 Å². The molecule has 8 nitrogen and oxygen atoms in total. The van der Waals surface area contributed by atoms with E-state index in [-0.39, 0.29) is 18.1 Å². The number of hydrogen-bond donors (Lipinski definition) is 1. The van der Waals surface area contributed by atoms with Crippen LogP contribution in [0.25, 0.3) is 11.0 Å². The van der Waals surface area contributed by atoms with Crippen molar-refractivity contribution in [1.82, 2.24) is 29.2 Å². The van der Waals surface area contributed by atoms with Gasteiger partial charge >= 0.3 is 5.69 Å². The van der Waals surface area contributed by atoms with Gasteiger partial charge in [-0.1, -0.05) is 48.9 Å². The maximum Gasteiger partial charge on any atom is 0.346 e. The SMILES string of the molecule is Cn1c(C(NC(=O)Cn2nc3n(c2=O)CCCCC3)c2ccccc2)nc2ccccc21. The third-order valence-corrected chi connectivity index (χ3v) is 6.09. The fraction of sp³-hybridized carbons (Fsp3) is 0.333. The van der Waals surface area contributed by atoms with Crippen LogP contribution in [0.3, 0.4) is 0 Å². The first-order chi connectivity index (χ1) is 15.6. The van der Waals surface area contributed by atoms with Gasteiger partial charge < -0.3 is 9.88 Å². The second-order valence-corrected chi connectivity index (χ2v) is 8.25. The Bertz CT molecular complexity index is 1320. The van der Waals surface area contributed by atoms with Crippen molar-refractivity contribution in [2.45, 2.75) is 44.8 Å². The van der Waals surface area contributed by atoms with Crippen LogP contribution >= 0.6 is 0 Å². The van der Waals surface area contributed by atoms with E-state index < -0.39 is 6.04 Å². The first-order valence-corrected chi connectivity index (χ1v) is 11.0. The number of nitrogens with zero attached hydrogens (tertiary/aromatic N) is 5. The molecular formula is C24H26N6O2. The summed E-state index contributed by atoms with van der Waals surface area (Å²) in [6, 6.07) is 17.2.